The summed E-state index contributed by atoms with van der Waals surface area (Å²) in [6, 6.07) is 0.0507. The fraction of sp³-hybridized carbons (Fsp3) is 0.600. The lowest BCUT2D eigenvalue weighted by Gasteiger charge is -2.29. The predicted molar refractivity (Wildman–Crippen MR) is 56.4 cm³/mol. The standard InChI is InChI=1S/C10H16N4O/c11-8-3-1-2-4-9(8)13-10(15)14-6-5-12-7-14/h5-9H,1-4,11H2,(H,13,15). The van der Waals surface area contributed by atoms with E-state index in [1.807, 2.05) is 0 Å². The molecule has 0 aromatic carbocycles. The minimum Gasteiger partial charge on any atom is -0.333 e. The number of carbonyl (C=O) groups excluding carboxylic acids is 1. The Labute approximate surface area is 88.7 Å². The molecule has 5 heteroatoms. The Morgan fingerprint density at radius 2 is 2.27 bits per heavy atom. The van der Waals surface area contributed by atoms with Crippen molar-refractivity contribution in [1.29, 1.82) is 0 Å². The van der Waals surface area contributed by atoms with E-state index in [0.29, 0.717) is 0 Å². The zero-order valence-electron chi connectivity index (χ0n) is 8.60. The molecule has 0 aliphatic heterocycles. The molecule has 0 saturated heterocycles. The van der Waals surface area contributed by atoms with Gasteiger partial charge in [-0.05, 0) is 12.8 Å². The third kappa shape index (κ3) is 2.36. The summed E-state index contributed by atoms with van der Waals surface area (Å²) in [5.41, 5.74) is 5.94. The molecule has 1 heterocycles. The van der Waals surface area contributed by atoms with Gasteiger partial charge in [-0.2, -0.15) is 0 Å². The first-order valence-electron chi connectivity index (χ1n) is 5.32. The number of hydrogen-bond acceptors (Lipinski definition) is 3. The molecule has 0 radical (unpaired) electrons. The van der Waals surface area contributed by atoms with E-state index >= 15 is 0 Å². The predicted octanol–water partition coefficient (Wildman–Crippen LogP) is 0.711. The number of amides is 1. The van der Waals surface area contributed by atoms with Gasteiger partial charge in [0.25, 0.3) is 0 Å². The van der Waals surface area contributed by atoms with Crippen molar-refractivity contribution >= 4 is 6.03 Å². The average Bonchev–Trinajstić information content (AvgIpc) is 2.74. The zero-order chi connectivity index (χ0) is 10.7. The number of imidazole rings is 1. The van der Waals surface area contributed by atoms with Gasteiger partial charge in [0.1, 0.15) is 6.33 Å². The third-order valence-electron chi connectivity index (χ3n) is 2.87. The smallest absolute Gasteiger partial charge is 0.327 e. The fourth-order valence-electron chi connectivity index (χ4n) is 1.95. The molecule has 1 fully saturated rings. The molecule has 15 heavy (non-hydrogen) atoms. The number of hydrogen-bond donors (Lipinski definition) is 2. The lowest BCUT2D eigenvalue weighted by Crippen LogP contribution is -2.50. The van der Waals surface area contributed by atoms with Gasteiger partial charge in [-0.1, -0.05) is 12.8 Å². The zero-order valence-corrected chi connectivity index (χ0v) is 8.60. The van der Waals surface area contributed by atoms with Crippen molar-refractivity contribution < 1.29 is 4.79 Å². The molecule has 1 amide bonds. The van der Waals surface area contributed by atoms with E-state index in [2.05, 4.69) is 10.3 Å². The van der Waals surface area contributed by atoms with E-state index in [-0.39, 0.29) is 18.1 Å². The molecular weight excluding hydrogens is 192 g/mol. The Morgan fingerprint density at radius 3 is 2.93 bits per heavy atom. The minimum absolute atomic E-state index is 0.0891. The molecule has 1 aromatic heterocycles. The average molecular weight is 208 g/mol. The van der Waals surface area contributed by atoms with Crippen LogP contribution in [0.5, 0.6) is 0 Å². The van der Waals surface area contributed by atoms with Crippen molar-refractivity contribution in [3.63, 3.8) is 0 Å². The summed E-state index contributed by atoms with van der Waals surface area (Å²) in [7, 11) is 0. The van der Waals surface area contributed by atoms with E-state index < -0.39 is 0 Å². The summed E-state index contributed by atoms with van der Waals surface area (Å²) in [5, 5.41) is 2.93. The maximum atomic E-state index is 11.7. The molecule has 2 rings (SSSR count). The number of carbonyl (C=O) groups is 1. The second-order valence-electron chi connectivity index (χ2n) is 3.97. The molecule has 2 unspecified atom stereocenters. The Balaban J connectivity index is 1.93. The molecule has 1 aliphatic rings. The quantitative estimate of drug-likeness (QED) is 0.714. The van der Waals surface area contributed by atoms with Crippen LogP contribution in [0.15, 0.2) is 18.7 Å². The first kappa shape index (κ1) is 10.2. The van der Waals surface area contributed by atoms with Crippen LogP contribution in [0.3, 0.4) is 0 Å². The Bertz CT molecular complexity index is 322. The van der Waals surface area contributed by atoms with E-state index in [4.69, 9.17) is 5.73 Å². The second-order valence-corrected chi connectivity index (χ2v) is 3.97. The topological polar surface area (TPSA) is 72.9 Å². The number of nitrogens with two attached hydrogens (primary N) is 1. The molecule has 1 aromatic rings. The Kier molecular flexibility index (Phi) is 3.01. The van der Waals surface area contributed by atoms with Crippen molar-refractivity contribution in [1.82, 2.24) is 14.9 Å². The lowest BCUT2D eigenvalue weighted by molar-refractivity contribution is 0.230. The number of rotatable bonds is 1. The maximum Gasteiger partial charge on any atom is 0.327 e. The fourth-order valence-corrected chi connectivity index (χ4v) is 1.95. The molecule has 0 spiro atoms. The summed E-state index contributed by atoms with van der Waals surface area (Å²) in [6.07, 6.45) is 8.98. The highest BCUT2D eigenvalue weighted by Crippen LogP contribution is 2.16. The van der Waals surface area contributed by atoms with Crippen LogP contribution in [-0.4, -0.2) is 27.7 Å². The molecule has 3 N–H and O–H groups in total. The summed E-state index contributed by atoms with van der Waals surface area (Å²) < 4.78 is 1.43. The van der Waals surface area contributed by atoms with E-state index in [1.165, 1.54) is 17.3 Å². The van der Waals surface area contributed by atoms with E-state index in [0.717, 1.165) is 19.3 Å². The summed E-state index contributed by atoms with van der Waals surface area (Å²) >= 11 is 0. The van der Waals surface area contributed by atoms with Gasteiger partial charge in [-0.3, -0.25) is 4.57 Å². The maximum absolute atomic E-state index is 11.7. The van der Waals surface area contributed by atoms with Gasteiger partial charge < -0.3 is 11.1 Å². The van der Waals surface area contributed by atoms with Crippen LogP contribution in [0.25, 0.3) is 0 Å². The van der Waals surface area contributed by atoms with Gasteiger partial charge in [0, 0.05) is 24.5 Å². The van der Waals surface area contributed by atoms with Crippen LogP contribution in [-0.2, 0) is 0 Å². The minimum atomic E-state index is -0.144. The molecule has 82 valence electrons. The highest BCUT2D eigenvalue weighted by Gasteiger charge is 2.23. The molecule has 1 aliphatic carbocycles. The van der Waals surface area contributed by atoms with Gasteiger partial charge in [0.05, 0.1) is 0 Å². The highest BCUT2D eigenvalue weighted by molar-refractivity contribution is 5.76. The molecule has 2 atom stereocenters. The largest absolute Gasteiger partial charge is 0.333 e. The van der Waals surface area contributed by atoms with Gasteiger partial charge in [0.2, 0.25) is 0 Å². The normalized spacial score (nSPS) is 26.2. The molecule has 5 nitrogen and oxygen atoms in total. The summed E-state index contributed by atoms with van der Waals surface area (Å²) in [6.45, 7) is 0. The van der Waals surface area contributed by atoms with E-state index in [1.54, 1.807) is 12.4 Å². The highest BCUT2D eigenvalue weighted by atomic mass is 16.2. The molecule has 1 saturated carbocycles. The van der Waals surface area contributed by atoms with Crippen molar-refractivity contribution in [3.05, 3.63) is 18.7 Å². The Hall–Kier alpha value is -1.36. The van der Waals surface area contributed by atoms with Crippen LogP contribution in [0.1, 0.15) is 25.7 Å². The second kappa shape index (κ2) is 4.44. The number of nitrogens with one attached hydrogen (secondary N) is 1. The number of aromatic nitrogens is 2. The third-order valence-corrected chi connectivity index (χ3v) is 2.87. The monoisotopic (exact) mass is 208 g/mol. The first-order valence-corrected chi connectivity index (χ1v) is 5.32. The van der Waals surface area contributed by atoms with Gasteiger partial charge in [-0.15, -0.1) is 0 Å². The van der Waals surface area contributed by atoms with Crippen LogP contribution >= 0.6 is 0 Å². The summed E-state index contributed by atoms with van der Waals surface area (Å²) in [5.74, 6) is 0. The number of nitrogens with zero attached hydrogens (tertiary/aromatic N) is 2. The molecule has 0 bridgehead atoms. The van der Waals surface area contributed by atoms with E-state index in [9.17, 15) is 4.79 Å². The summed E-state index contributed by atoms with van der Waals surface area (Å²) in [4.78, 5) is 15.5. The first-order chi connectivity index (χ1) is 7.27. The van der Waals surface area contributed by atoms with Gasteiger partial charge in [-0.25, -0.2) is 9.78 Å². The van der Waals surface area contributed by atoms with Crippen molar-refractivity contribution in [2.75, 3.05) is 0 Å². The van der Waals surface area contributed by atoms with Crippen LogP contribution in [0, 0.1) is 0 Å². The van der Waals surface area contributed by atoms with Crippen molar-refractivity contribution in [3.8, 4) is 0 Å². The Morgan fingerprint density at radius 1 is 1.47 bits per heavy atom. The SMILES string of the molecule is NC1CCCCC1NC(=O)n1ccnc1. The van der Waals surface area contributed by atoms with Crippen LogP contribution in [0.2, 0.25) is 0 Å². The van der Waals surface area contributed by atoms with Crippen LogP contribution < -0.4 is 11.1 Å². The van der Waals surface area contributed by atoms with Crippen LogP contribution in [0.4, 0.5) is 4.79 Å². The van der Waals surface area contributed by atoms with Crippen molar-refractivity contribution in [2.24, 2.45) is 5.73 Å². The lowest BCUT2D eigenvalue weighted by atomic mass is 9.91. The van der Waals surface area contributed by atoms with Crippen molar-refractivity contribution in [2.45, 2.75) is 37.8 Å². The van der Waals surface area contributed by atoms with Gasteiger partial charge >= 0.3 is 6.03 Å². The molecular formula is C10H16N4O. The van der Waals surface area contributed by atoms with Gasteiger partial charge in [0.15, 0.2) is 0 Å².